The van der Waals surface area contributed by atoms with Crippen LogP contribution in [0.3, 0.4) is 0 Å². The van der Waals surface area contributed by atoms with Gasteiger partial charge in [-0.3, -0.25) is 0 Å². The molecule has 1 aromatic heterocycles. The fraction of sp³-hybridized carbons (Fsp3) is 0.667. The van der Waals surface area contributed by atoms with Crippen molar-refractivity contribution in [3.05, 3.63) is 21.4 Å². The molecule has 0 bridgehead atoms. The van der Waals surface area contributed by atoms with E-state index in [0.717, 1.165) is 6.54 Å². The molecule has 0 aliphatic carbocycles. The van der Waals surface area contributed by atoms with Crippen molar-refractivity contribution in [3.63, 3.8) is 0 Å². The van der Waals surface area contributed by atoms with Crippen LogP contribution >= 0.6 is 23.1 Å². The second-order valence-electron chi connectivity index (χ2n) is 4.04. The van der Waals surface area contributed by atoms with Crippen molar-refractivity contribution in [2.45, 2.75) is 39.0 Å². The van der Waals surface area contributed by atoms with Gasteiger partial charge in [-0.25, -0.2) is 0 Å². The third-order valence-electron chi connectivity index (χ3n) is 2.66. The van der Waals surface area contributed by atoms with Gasteiger partial charge in [0.2, 0.25) is 0 Å². The summed E-state index contributed by atoms with van der Waals surface area (Å²) in [6.07, 6.45) is 2.16. The van der Waals surface area contributed by atoms with Crippen molar-refractivity contribution < 1.29 is 0 Å². The van der Waals surface area contributed by atoms with E-state index < -0.39 is 0 Å². The summed E-state index contributed by atoms with van der Waals surface area (Å²) in [5.74, 6) is 0. The summed E-state index contributed by atoms with van der Waals surface area (Å²) in [7, 11) is 0. The van der Waals surface area contributed by atoms with Crippen molar-refractivity contribution in [2.24, 2.45) is 0 Å². The first kappa shape index (κ1) is 13.1. The highest BCUT2D eigenvalue weighted by Gasteiger charge is 2.11. The normalized spacial score (nSPS) is 15.3. The largest absolute Gasteiger partial charge is 0.309 e. The van der Waals surface area contributed by atoms with Crippen LogP contribution < -0.4 is 5.32 Å². The van der Waals surface area contributed by atoms with E-state index in [1.807, 2.05) is 23.1 Å². The van der Waals surface area contributed by atoms with Gasteiger partial charge in [0.05, 0.1) is 0 Å². The van der Waals surface area contributed by atoms with Gasteiger partial charge in [-0.1, -0.05) is 6.92 Å². The van der Waals surface area contributed by atoms with Gasteiger partial charge in [0, 0.05) is 27.6 Å². The van der Waals surface area contributed by atoms with Crippen LogP contribution in [-0.2, 0) is 0 Å². The Kier molecular flexibility index (Phi) is 5.16. The molecule has 0 amide bonds. The Labute approximate surface area is 102 Å². The zero-order valence-corrected chi connectivity index (χ0v) is 11.9. The number of hydrogen-bond acceptors (Lipinski definition) is 3. The maximum absolute atomic E-state index is 3.59. The molecule has 0 saturated heterocycles. The summed E-state index contributed by atoms with van der Waals surface area (Å²) in [4.78, 5) is 2.86. The van der Waals surface area contributed by atoms with Gasteiger partial charge < -0.3 is 5.32 Å². The van der Waals surface area contributed by atoms with Gasteiger partial charge in [0.15, 0.2) is 0 Å². The van der Waals surface area contributed by atoms with Crippen molar-refractivity contribution in [3.8, 4) is 0 Å². The van der Waals surface area contributed by atoms with Gasteiger partial charge in [-0.05, 0) is 38.7 Å². The third kappa shape index (κ3) is 3.82. The van der Waals surface area contributed by atoms with E-state index >= 15 is 0 Å². The molecule has 3 heteroatoms. The smallest absolute Gasteiger partial charge is 0.0303 e. The summed E-state index contributed by atoms with van der Waals surface area (Å²) >= 11 is 3.80. The molecule has 0 fully saturated rings. The van der Waals surface area contributed by atoms with Crippen LogP contribution in [0.1, 0.15) is 35.2 Å². The lowest BCUT2D eigenvalue weighted by molar-refractivity contribution is 0.575. The Morgan fingerprint density at radius 3 is 2.53 bits per heavy atom. The van der Waals surface area contributed by atoms with Gasteiger partial charge >= 0.3 is 0 Å². The molecular weight excluding hydrogens is 222 g/mol. The second kappa shape index (κ2) is 5.92. The fourth-order valence-corrected chi connectivity index (χ4v) is 2.90. The van der Waals surface area contributed by atoms with E-state index in [1.165, 1.54) is 15.3 Å². The van der Waals surface area contributed by atoms with Crippen molar-refractivity contribution in [1.82, 2.24) is 5.32 Å². The molecule has 0 saturated carbocycles. The standard InChI is InChI=1S/C12H21NS2/c1-8-6-12(11(4)15-8)10(3)13-7-9(2)14-5/h6,9-10,13H,7H2,1-5H3. The van der Waals surface area contributed by atoms with Crippen LogP contribution in [0.15, 0.2) is 6.07 Å². The quantitative estimate of drug-likeness (QED) is 0.845. The number of thioether (sulfide) groups is 1. The lowest BCUT2D eigenvalue weighted by atomic mass is 10.1. The molecule has 0 aromatic carbocycles. The molecule has 1 N–H and O–H groups in total. The van der Waals surface area contributed by atoms with Crippen LogP contribution in [0, 0.1) is 13.8 Å². The predicted molar refractivity (Wildman–Crippen MR) is 73.2 cm³/mol. The van der Waals surface area contributed by atoms with Crippen molar-refractivity contribution >= 4 is 23.1 Å². The summed E-state index contributed by atoms with van der Waals surface area (Å²) < 4.78 is 0. The molecule has 1 aromatic rings. The summed E-state index contributed by atoms with van der Waals surface area (Å²) in [5.41, 5.74) is 1.46. The van der Waals surface area contributed by atoms with Crippen LogP contribution in [-0.4, -0.2) is 18.1 Å². The first-order valence-corrected chi connectivity index (χ1v) is 7.48. The van der Waals surface area contributed by atoms with Gasteiger partial charge in [-0.15, -0.1) is 11.3 Å². The molecule has 0 radical (unpaired) electrons. The highest BCUT2D eigenvalue weighted by molar-refractivity contribution is 7.99. The highest BCUT2D eigenvalue weighted by Crippen LogP contribution is 2.26. The number of thiophene rings is 1. The third-order valence-corrected chi connectivity index (χ3v) is 4.61. The van der Waals surface area contributed by atoms with E-state index in [2.05, 4.69) is 45.3 Å². The Bertz CT molecular complexity index is 307. The zero-order valence-electron chi connectivity index (χ0n) is 10.3. The number of aryl methyl sites for hydroxylation is 2. The molecule has 1 heterocycles. The van der Waals surface area contributed by atoms with Crippen molar-refractivity contribution in [1.29, 1.82) is 0 Å². The molecule has 1 nitrogen and oxygen atoms in total. The van der Waals surface area contributed by atoms with Crippen LogP contribution in [0.4, 0.5) is 0 Å². The lowest BCUT2D eigenvalue weighted by Gasteiger charge is -2.16. The van der Waals surface area contributed by atoms with E-state index in [-0.39, 0.29) is 0 Å². The van der Waals surface area contributed by atoms with Crippen LogP contribution in [0.2, 0.25) is 0 Å². The lowest BCUT2D eigenvalue weighted by Crippen LogP contribution is -2.25. The fourth-order valence-electron chi connectivity index (χ4n) is 1.62. The second-order valence-corrected chi connectivity index (χ2v) is 6.78. The van der Waals surface area contributed by atoms with E-state index in [9.17, 15) is 0 Å². The number of hydrogen-bond donors (Lipinski definition) is 1. The minimum atomic E-state index is 0.476. The topological polar surface area (TPSA) is 12.0 Å². The minimum Gasteiger partial charge on any atom is -0.309 e. The monoisotopic (exact) mass is 243 g/mol. The highest BCUT2D eigenvalue weighted by atomic mass is 32.2. The van der Waals surface area contributed by atoms with Crippen molar-refractivity contribution in [2.75, 3.05) is 12.8 Å². The Morgan fingerprint density at radius 2 is 2.07 bits per heavy atom. The molecule has 0 aliphatic rings. The minimum absolute atomic E-state index is 0.476. The summed E-state index contributed by atoms with van der Waals surface area (Å²) in [5, 5.41) is 4.28. The summed E-state index contributed by atoms with van der Waals surface area (Å²) in [6, 6.07) is 2.78. The van der Waals surface area contributed by atoms with Gasteiger partial charge in [0.25, 0.3) is 0 Å². The molecule has 0 aliphatic heterocycles. The molecule has 86 valence electrons. The average molecular weight is 243 g/mol. The first-order valence-electron chi connectivity index (χ1n) is 5.37. The van der Waals surface area contributed by atoms with Crippen LogP contribution in [0.5, 0.6) is 0 Å². The Balaban J connectivity index is 2.53. The Hall–Kier alpha value is 0.01000. The van der Waals surface area contributed by atoms with Gasteiger partial charge in [0.1, 0.15) is 0 Å². The van der Waals surface area contributed by atoms with Crippen LogP contribution in [0.25, 0.3) is 0 Å². The molecular formula is C12H21NS2. The SMILES string of the molecule is CSC(C)CNC(C)c1cc(C)sc1C. The van der Waals surface area contributed by atoms with E-state index in [4.69, 9.17) is 0 Å². The predicted octanol–water partition coefficient (Wildman–Crippen LogP) is 3.77. The Morgan fingerprint density at radius 1 is 1.40 bits per heavy atom. The molecule has 1 rings (SSSR count). The van der Waals surface area contributed by atoms with Gasteiger partial charge in [-0.2, -0.15) is 11.8 Å². The number of nitrogens with one attached hydrogen (secondary N) is 1. The molecule has 0 spiro atoms. The molecule has 2 unspecified atom stereocenters. The summed E-state index contributed by atoms with van der Waals surface area (Å²) in [6.45, 7) is 9.98. The van der Waals surface area contributed by atoms with E-state index in [1.54, 1.807) is 0 Å². The zero-order chi connectivity index (χ0) is 11.4. The van der Waals surface area contributed by atoms with E-state index in [0.29, 0.717) is 11.3 Å². The molecule has 15 heavy (non-hydrogen) atoms. The maximum atomic E-state index is 3.59. The average Bonchev–Trinajstić information content (AvgIpc) is 2.53. The maximum Gasteiger partial charge on any atom is 0.0303 e. The first-order chi connectivity index (χ1) is 7.04. The number of rotatable bonds is 5. The molecule has 2 atom stereocenters.